The van der Waals surface area contributed by atoms with E-state index in [4.69, 9.17) is 15.6 Å². The summed E-state index contributed by atoms with van der Waals surface area (Å²) in [6.07, 6.45) is 2.83. The second-order valence-corrected chi connectivity index (χ2v) is 9.88. The second kappa shape index (κ2) is 6.01. The van der Waals surface area contributed by atoms with Crippen molar-refractivity contribution in [1.82, 2.24) is 9.78 Å². The minimum atomic E-state index is -2.96. The van der Waals surface area contributed by atoms with Gasteiger partial charge in [0.2, 0.25) is 0 Å². The first kappa shape index (κ1) is 17.4. The molecule has 1 aliphatic heterocycles. The normalized spacial score (nSPS) is 21.9. The number of aromatic nitrogens is 2. The van der Waals surface area contributed by atoms with Crippen molar-refractivity contribution in [1.29, 1.82) is 0 Å². The lowest BCUT2D eigenvalue weighted by Crippen LogP contribution is -2.14. The predicted octanol–water partition coefficient (Wildman–Crippen LogP) is 3.42. The predicted molar refractivity (Wildman–Crippen MR) is 102 cm³/mol. The van der Waals surface area contributed by atoms with Gasteiger partial charge in [-0.15, -0.1) is 0 Å². The first-order chi connectivity index (χ1) is 12.2. The number of rotatable bonds is 4. The van der Waals surface area contributed by atoms with Gasteiger partial charge in [0.05, 0.1) is 23.2 Å². The molecule has 2 heterocycles. The molecular formula is C19H25N3O3S. The summed E-state index contributed by atoms with van der Waals surface area (Å²) in [5.74, 6) is 2.35. The maximum absolute atomic E-state index is 11.9. The van der Waals surface area contributed by atoms with Crippen molar-refractivity contribution in [3.8, 4) is 11.5 Å². The molecule has 2 aromatic rings. The number of aryl methyl sites for hydroxylation is 2. The summed E-state index contributed by atoms with van der Waals surface area (Å²) < 4.78 is 31.9. The highest BCUT2D eigenvalue weighted by atomic mass is 32.2. The lowest BCUT2D eigenvalue weighted by atomic mass is 10.1. The fourth-order valence-electron chi connectivity index (χ4n) is 3.71. The largest absolute Gasteiger partial charge is 0.453 e. The number of ether oxygens (including phenoxy) is 1. The Balaban J connectivity index is 1.72. The maximum Gasteiger partial charge on any atom is 0.171 e. The Morgan fingerprint density at radius 3 is 2.35 bits per heavy atom. The SMILES string of the molecule is Cc1cc(Oc2c(C3CC3)nn(C3CCS(=O)(=O)C3)c2C)cc(C)c1N. The second-order valence-electron chi connectivity index (χ2n) is 7.65. The van der Waals surface area contributed by atoms with Crippen LogP contribution in [-0.2, 0) is 9.84 Å². The van der Waals surface area contributed by atoms with Crippen LogP contribution in [0, 0.1) is 20.8 Å². The van der Waals surface area contributed by atoms with Crippen LogP contribution in [0.4, 0.5) is 5.69 Å². The summed E-state index contributed by atoms with van der Waals surface area (Å²) in [5.41, 5.74) is 10.7. The summed E-state index contributed by atoms with van der Waals surface area (Å²) in [6.45, 7) is 5.91. The van der Waals surface area contributed by atoms with Gasteiger partial charge in [0.1, 0.15) is 11.4 Å². The average Bonchev–Trinajstić information content (AvgIpc) is 3.28. The van der Waals surface area contributed by atoms with Crippen LogP contribution in [0.15, 0.2) is 12.1 Å². The van der Waals surface area contributed by atoms with Crippen molar-refractivity contribution in [3.63, 3.8) is 0 Å². The highest BCUT2D eigenvalue weighted by Crippen LogP contribution is 2.47. The molecule has 0 radical (unpaired) electrons. The van der Waals surface area contributed by atoms with E-state index in [1.165, 1.54) is 0 Å². The molecule has 2 N–H and O–H groups in total. The summed E-state index contributed by atoms with van der Waals surface area (Å²) in [5, 5.41) is 4.78. The molecule has 6 nitrogen and oxygen atoms in total. The van der Waals surface area contributed by atoms with E-state index in [0.717, 1.165) is 52.5 Å². The van der Waals surface area contributed by atoms with Gasteiger partial charge < -0.3 is 10.5 Å². The minimum Gasteiger partial charge on any atom is -0.453 e. The highest BCUT2D eigenvalue weighted by Gasteiger charge is 2.36. The molecule has 4 rings (SSSR count). The van der Waals surface area contributed by atoms with Gasteiger partial charge in [0.25, 0.3) is 0 Å². The van der Waals surface area contributed by atoms with E-state index >= 15 is 0 Å². The monoisotopic (exact) mass is 375 g/mol. The number of hydrogen-bond donors (Lipinski definition) is 1. The molecule has 26 heavy (non-hydrogen) atoms. The lowest BCUT2D eigenvalue weighted by molar-refractivity contribution is 0.459. The van der Waals surface area contributed by atoms with Gasteiger partial charge in [0.15, 0.2) is 15.6 Å². The van der Waals surface area contributed by atoms with Gasteiger partial charge in [0, 0.05) is 11.6 Å². The van der Waals surface area contributed by atoms with E-state index in [1.807, 2.05) is 37.6 Å². The first-order valence-electron chi connectivity index (χ1n) is 9.09. The molecule has 2 aliphatic rings. The standard InChI is InChI=1S/C19H25N3O3S/c1-11-8-16(9-12(2)17(11)20)25-19-13(3)22(21-18(19)14-4-5-14)15-6-7-26(23,24)10-15/h8-9,14-15H,4-7,10,20H2,1-3H3. The molecule has 0 amide bonds. The Morgan fingerprint density at radius 1 is 1.15 bits per heavy atom. The van der Waals surface area contributed by atoms with E-state index < -0.39 is 9.84 Å². The third-order valence-electron chi connectivity index (χ3n) is 5.43. The van der Waals surface area contributed by atoms with Crippen LogP contribution in [0.3, 0.4) is 0 Å². The molecule has 1 unspecified atom stereocenters. The smallest absolute Gasteiger partial charge is 0.171 e. The topological polar surface area (TPSA) is 87.2 Å². The summed E-state index contributed by atoms with van der Waals surface area (Å²) in [7, 11) is -2.96. The van der Waals surface area contributed by atoms with Gasteiger partial charge in [-0.25, -0.2) is 8.42 Å². The Labute approximate surface area is 154 Å². The van der Waals surface area contributed by atoms with Gasteiger partial charge in [-0.2, -0.15) is 5.10 Å². The lowest BCUT2D eigenvalue weighted by Gasteiger charge is -2.13. The van der Waals surface area contributed by atoms with Crippen molar-refractivity contribution in [2.24, 2.45) is 0 Å². The summed E-state index contributed by atoms with van der Waals surface area (Å²) in [6, 6.07) is 3.79. The van der Waals surface area contributed by atoms with Crippen LogP contribution in [0.5, 0.6) is 11.5 Å². The van der Waals surface area contributed by atoms with Crippen LogP contribution in [0.1, 0.15) is 53.7 Å². The zero-order valence-electron chi connectivity index (χ0n) is 15.4. The minimum absolute atomic E-state index is 0.0928. The van der Waals surface area contributed by atoms with Crippen LogP contribution in [0.2, 0.25) is 0 Å². The van der Waals surface area contributed by atoms with Gasteiger partial charge in [-0.1, -0.05) is 0 Å². The number of sulfone groups is 1. The van der Waals surface area contributed by atoms with Crippen LogP contribution in [0.25, 0.3) is 0 Å². The van der Waals surface area contributed by atoms with Crippen molar-refractivity contribution in [3.05, 3.63) is 34.6 Å². The third kappa shape index (κ3) is 3.09. The molecule has 2 fully saturated rings. The molecule has 140 valence electrons. The fourth-order valence-corrected chi connectivity index (χ4v) is 5.40. The molecule has 0 spiro atoms. The number of nitrogens with two attached hydrogens (primary N) is 1. The van der Waals surface area contributed by atoms with Crippen molar-refractivity contribution in [2.45, 2.75) is 52.0 Å². The fraction of sp³-hybridized carbons (Fsp3) is 0.526. The number of anilines is 1. The van der Waals surface area contributed by atoms with E-state index in [1.54, 1.807) is 0 Å². The molecule has 1 aliphatic carbocycles. The van der Waals surface area contributed by atoms with E-state index in [9.17, 15) is 8.42 Å². The Kier molecular flexibility index (Phi) is 4.02. The molecule has 0 bridgehead atoms. The zero-order chi connectivity index (χ0) is 18.6. The highest BCUT2D eigenvalue weighted by molar-refractivity contribution is 7.91. The Morgan fingerprint density at radius 2 is 1.81 bits per heavy atom. The third-order valence-corrected chi connectivity index (χ3v) is 7.18. The van der Waals surface area contributed by atoms with E-state index in [0.29, 0.717) is 12.3 Å². The van der Waals surface area contributed by atoms with Crippen molar-refractivity contribution >= 4 is 15.5 Å². The van der Waals surface area contributed by atoms with Crippen LogP contribution >= 0.6 is 0 Å². The molecule has 1 saturated carbocycles. The molecule has 7 heteroatoms. The van der Waals surface area contributed by atoms with Crippen LogP contribution in [-0.4, -0.2) is 29.7 Å². The van der Waals surface area contributed by atoms with E-state index in [-0.39, 0.29) is 17.5 Å². The number of hydrogen-bond acceptors (Lipinski definition) is 5. The van der Waals surface area contributed by atoms with Crippen molar-refractivity contribution in [2.75, 3.05) is 17.2 Å². The number of nitrogen functional groups attached to an aromatic ring is 1. The van der Waals surface area contributed by atoms with Crippen molar-refractivity contribution < 1.29 is 13.2 Å². The number of benzene rings is 1. The first-order valence-corrected chi connectivity index (χ1v) is 10.9. The average molecular weight is 375 g/mol. The molecular weight excluding hydrogens is 350 g/mol. The molecule has 1 aromatic heterocycles. The Bertz CT molecular complexity index is 951. The van der Waals surface area contributed by atoms with Gasteiger partial charge >= 0.3 is 0 Å². The Hall–Kier alpha value is -2.02. The number of nitrogens with zero attached hydrogens (tertiary/aromatic N) is 2. The summed E-state index contributed by atoms with van der Waals surface area (Å²) in [4.78, 5) is 0. The van der Waals surface area contributed by atoms with Gasteiger partial charge in [-0.05, 0) is 63.3 Å². The quantitative estimate of drug-likeness (QED) is 0.828. The molecule has 1 aromatic carbocycles. The van der Waals surface area contributed by atoms with Gasteiger partial charge in [-0.3, -0.25) is 4.68 Å². The summed E-state index contributed by atoms with van der Waals surface area (Å²) >= 11 is 0. The zero-order valence-corrected chi connectivity index (χ0v) is 16.3. The molecule has 1 atom stereocenters. The van der Waals surface area contributed by atoms with Crippen LogP contribution < -0.4 is 10.5 Å². The van der Waals surface area contributed by atoms with E-state index in [2.05, 4.69) is 0 Å². The molecule has 1 saturated heterocycles. The maximum atomic E-state index is 11.9.